The van der Waals surface area contributed by atoms with Gasteiger partial charge in [-0.15, -0.1) is 0 Å². The average molecular weight is 456 g/mol. The number of carbonyl (C=O) groups excluding carboxylic acids is 1. The average Bonchev–Trinajstić information content (AvgIpc) is 3.08. The summed E-state index contributed by atoms with van der Waals surface area (Å²) in [5.74, 6) is -1.11. The minimum atomic E-state index is -3.84. The molecule has 0 saturated heterocycles. The Morgan fingerprint density at radius 3 is 2.40 bits per heavy atom. The summed E-state index contributed by atoms with van der Waals surface area (Å²) < 4.78 is 64.6. The summed E-state index contributed by atoms with van der Waals surface area (Å²) in [4.78, 5) is 14.5. The summed E-state index contributed by atoms with van der Waals surface area (Å²) in [5.41, 5.74) is 1.27. The van der Waals surface area contributed by atoms with Crippen molar-refractivity contribution >= 4 is 37.3 Å². The first kappa shape index (κ1) is 22.2. The maximum absolute atomic E-state index is 13.6. The number of hydrogen-bond acceptors (Lipinski definition) is 5. The highest BCUT2D eigenvalue weighted by atomic mass is 32.2. The number of amides is 1. The van der Waals surface area contributed by atoms with Gasteiger partial charge in [0.25, 0.3) is 0 Å². The third-order valence-electron chi connectivity index (χ3n) is 4.80. The largest absolute Gasteiger partial charge is 0.310 e. The number of carbonyl (C=O) groups is 1. The zero-order valence-electron chi connectivity index (χ0n) is 16.7. The molecule has 1 heterocycles. The second kappa shape index (κ2) is 7.97. The van der Waals surface area contributed by atoms with Crippen LogP contribution in [-0.4, -0.2) is 60.5 Å². The Morgan fingerprint density at radius 2 is 1.80 bits per heavy atom. The van der Waals surface area contributed by atoms with Crippen molar-refractivity contribution in [2.75, 3.05) is 42.6 Å². The van der Waals surface area contributed by atoms with E-state index in [2.05, 4.69) is 0 Å². The lowest BCUT2D eigenvalue weighted by atomic mass is 10.2. The van der Waals surface area contributed by atoms with Gasteiger partial charge in [0.05, 0.1) is 16.8 Å². The van der Waals surface area contributed by atoms with Crippen molar-refractivity contribution in [3.05, 3.63) is 53.8 Å². The number of sulfonamides is 2. The van der Waals surface area contributed by atoms with Crippen LogP contribution in [0.25, 0.3) is 0 Å². The van der Waals surface area contributed by atoms with Gasteiger partial charge in [0.1, 0.15) is 12.4 Å². The molecule has 162 valence electrons. The molecule has 11 heteroatoms. The molecule has 0 radical (unpaired) electrons. The molecule has 0 atom stereocenters. The van der Waals surface area contributed by atoms with Gasteiger partial charge in [-0.25, -0.2) is 25.5 Å². The third kappa shape index (κ3) is 4.32. The molecule has 0 unspecified atom stereocenters. The van der Waals surface area contributed by atoms with Gasteiger partial charge in [0.15, 0.2) is 0 Å². The summed E-state index contributed by atoms with van der Waals surface area (Å²) in [6.07, 6.45) is 1.39. The van der Waals surface area contributed by atoms with Gasteiger partial charge >= 0.3 is 0 Å². The molecule has 0 spiro atoms. The zero-order chi connectivity index (χ0) is 22.3. The van der Waals surface area contributed by atoms with Gasteiger partial charge in [-0.2, -0.15) is 0 Å². The van der Waals surface area contributed by atoms with E-state index in [-0.39, 0.29) is 10.6 Å². The number of hydrogen-bond donors (Lipinski definition) is 0. The molecule has 2 aromatic rings. The van der Waals surface area contributed by atoms with Crippen molar-refractivity contribution in [1.82, 2.24) is 4.31 Å². The van der Waals surface area contributed by atoms with Gasteiger partial charge in [-0.1, -0.05) is 6.07 Å². The summed E-state index contributed by atoms with van der Waals surface area (Å²) in [5, 5.41) is 0. The SMILES string of the molecule is CN(C)S(=O)(=O)c1ccc2c(c1)CCN2C(=O)CN(c1cccc(F)c1)S(C)(=O)=O. The van der Waals surface area contributed by atoms with Crippen LogP contribution in [0.3, 0.4) is 0 Å². The fourth-order valence-corrected chi connectivity index (χ4v) is 5.04. The third-order valence-corrected chi connectivity index (χ3v) is 7.75. The predicted octanol–water partition coefficient (Wildman–Crippen LogP) is 1.43. The second-order valence-corrected chi connectivity index (χ2v) is 11.2. The topological polar surface area (TPSA) is 95.1 Å². The molecule has 8 nitrogen and oxygen atoms in total. The highest BCUT2D eigenvalue weighted by Gasteiger charge is 2.30. The molecule has 0 fully saturated rings. The van der Waals surface area contributed by atoms with E-state index in [1.54, 1.807) is 6.07 Å². The van der Waals surface area contributed by atoms with Crippen molar-refractivity contribution in [3.8, 4) is 0 Å². The Hall–Kier alpha value is -2.50. The van der Waals surface area contributed by atoms with Gasteiger partial charge in [-0.3, -0.25) is 9.10 Å². The van der Waals surface area contributed by atoms with Crippen LogP contribution < -0.4 is 9.21 Å². The maximum Gasteiger partial charge on any atom is 0.247 e. The lowest BCUT2D eigenvalue weighted by Crippen LogP contribution is -2.42. The molecule has 0 N–H and O–H groups in total. The smallest absolute Gasteiger partial charge is 0.247 e. The van der Waals surface area contributed by atoms with E-state index in [4.69, 9.17) is 0 Å². The molecule has 3 rings (SSSR count). The molecule has 0 aliphatic carbocycles. The summed E-state index contributed by atoms with van der Waals surface area (Å²) >= 11 is 0. The highest BCUT2D eigenvalue weighted by molar-refractivity contribution is 7.92. The Labute approximate surface area is 175 Å². The van der Waals surface area contributed by atoms with Crippen molar-refractivity contribution in [2.24, 2.45) is 0 Å². The van der Waals surface area contributed by atoms with Crippen LogP contribution in [-0.2, 0) is 31.3 Å². The Kier molecular flexibility index (Phi) is 5.89. The van der Waals surface area contributed by atoms with E-state index in [0.29, 0.717) is 24.2 Å². The number of anilines is 2. The molecule has 0 saturated carbocycles. The molecule has 30 heavy (non-hydrogen) atoms. The Balaban J connectivity index is 1.89. The van der Waals surface area contributed by atoms with Crippen LogP contribution in [0.15, 0.2) is 47.4 Å². The first-order chi connectivity index (χ1) is 13.9. The van der Waals surface area contributed by atoms with E-state index in [1.807, 2.05) is 0 Å². The number of rotatable bonds is 6. The van der Waals surface area contributed by atoms with Crippen molar-refractivity contribution < 1.29 is 26.0 Å². The van der Waals surface area contributed by atoms with E-state index in [1.165, 1.54) is 49.3 Å². The lowest BCUT2D eigenvalue weighted by molar-refractivity contribution is -0.117. The second-order valence-electron chi connectivity index (χ2n) is 7.12. The van der Waals surface area contributed by atoms with Crippen molar-refractivity contribution in [2.45, 2.75) is 11.3 Å². The Bertz CT molecular complexity index is 1200. The van der Waals surface area contributed by atoms with Crippen LogP contribution >= 0.6 is 0 Å². The summed E-state index contributed by atoms with van der Waals surface area (Å²) in [6, 6.07) is 9.49. The fraction of sp³-hybridized carbons (Fsp3) is 0.316. The molecule has 0 aromatic heterocycles. The highest BCUT2D eigenvalue weighted by Crippen LogP contribution is 2.31. The maximum atomic E-state index is 13.6. The van der Waals surface area contributed by atoms with E-state index < -0.39 is 38.3 Å². The van der Waals surface area contributed by atoms with Crippen LogP contribution in [0.1, 0.15) is 5.56 Å². The normalized spacial score (nSPS) is 14.1. The van der Waals surface area contributed by atoms with E-state index >= 15 is 0 Å². The summed E-state index contributed by atoms with van der Waals surface area (Å²) in [7, 11) is -4.58. The molecular formula is C19H22FN3O5S2. The van der Waals surface area contributed by atoms with Gasteiger partial charge in [0, 0.05) is 26.3 Å². The van der Waals surface area contributed by atoms with E-state index in [0.717, 1.165) is 20.9 Å². The van der Waals surface area contributed by atoms with Crippen LogP contribution in [0, 0.1) is 5.82 Å². The quantitative estimate of drug-likeness (QED) is 0.657. The fourth-order valence-electron chi connectivity index (χ4n) is 3.25. The number of benzene rings is 2. The standard InChI is InChI=1S/C19H22FN3O5S2/c1-21(2)30(27,28)17-7-8-18-14(11-17)9-10-22(18)19(24)13-23(29(3,25)26)16-6-4-5-15(20)12-16/h4-8,11-12H,9-10,13H2,1-3H3. The Morgan fingerprint density at radius 1 is 1.10 bits per heavy atom. The van der Waals surface area contributed by atoms with Crippen LogP contribution in [0.4, 0.5) is 15.8 Å². The van der Waals surface area contributed by atoms with Gasteiger partial charge < -0.3 is 4.90 Å². The van der Waals surface area contributed by atoms with Gasteiger partial charge in [0.2, 0.25) is 26.0 Å². The van der Waals surface area contributed by atoms with Crippen molar-refractivity contribution in [1.29, 1.82) is 0 Å². The minimum Gasteiger partial charge on any atom is -0.310 e. The van der Waals surface area contributed by atoms with Crippen LogP contribution in [0.2, 0.25) is 0 Å². The molecular weight excluding hydrogens is 433 g/mol. The number of fused-ring (bicyclic) bond motifs is 1. The van der Waals surface area contributed by atoms with Gasteiger partial charge in [-0.05, 0) is 48.4 Å². The first-order valence-corrected chi connectivity index (χ1v) is 12.3. The predicted molar refractivity (Wildman–Crippen MR) is 112 cm³/mol. The first-order valence-electron chi connectivity index (χ1n) is 9.00. The lowest BCUT2D eigenvalue weighted by Gasteiger charge is -2.25. The number of nitrogens with zero attached hydrogens (tertiary/aromatic N) is 3. The van der Waals surface area contributed by atoms with E-state index in [9.17, 15) is 26.0 Å². The monoisotopic (exact) mass is 455 g/mol. The molecule has 1 aliphatic rings. The van der Waals surface area contributed by atoms with Crippen molar-refractivity contribution in [3.63, 3.8) is 0 Å². The molecule has 0 bridgehead atoms. The van der Waals surface area contributed by atoms with Crippen LogP contribution in [0.5, 0.6) is 0 Å². The summed E-state index contributed by atoms with van der Waals surface area (Å²) in [6.45, 7) is -0.208. The molecule has 1 aliphatic heterocycles. The minimum absolute atomic E-state index is 0.0534. The number of halogens is 1. The molecule has 2 aromatic carbocycles. The molecule has 1 amide bonds. The zero-order valence-corrected chi connectivity index (χ0v) is 18.4.